The Morgan fingerprint density at radius 3 is 2.28 bits per heavy atom. The first-order valence-corrected chi connectivity index (χ1v) is 8.90. The van der Waals surface area contributed by atoms with E-state index in [1.807, 2.05) is 0 Å². The summed E-state index contributed by atoms with van der Waals surface area (Å²) in [5.74, 6) is -0.204. The Balaban J connectivity index is 0.00000300. The van der Waals surface area contributed by atoms with Crippen LogP contribution in [0.1, 0.15) is 28.8 Å². The van der Waals surface area contributed by atoms with Crippen molar-refractivity contribution in [3.8, 4) is 0 Å². The van der Waals surface area contributed by atoms with E-state index in [4.69, 9.17) is 0 Å². The maximum atomic E-state index is 12.8. The van der Waals surface area contributed by atoms with Crippen molar-refractivity contribution in [2.24, 2.45) is 5.92 Å². The molecule has 0 atom stereocenters. The standard InChI is InChI=1S/C20H20F3N3O2.ClH/c21-20(22,23)15-4-1-3-14(9-15)19(28)26-17-6-2-5-16(10-17)25-18(27)12-24-11-13-7-8-13;/h1-6,9-10,13,24H,7-8,11-12H2,(H,25,27)(H,26,28);1H. The van der Waals surface area contributed by atoms with Gasteiger partial charge >= 0.3 is 6.18 Å². The van der Waals surface area contributed by atoms with Crippen molar-refractivity contribution in [2.75, 3.05) is 23.7 Å². The minimum absolute atomic E-state index is 0. The van der Waals surface area contributed by atoms with Gasteiger partial charge in [-0.1, -0.05) is 12.1 Å². The van der Waals surface area contributed by atoms with Gasteiger partial charge in [0, 0.05) is 16.9 Å². The smallest absolute Gasteiger partial charge is 0.325 e. The Hall–Kier alpha value is -2.58. The summed E-state index contributed by atoms with van der Waals surface area (Å²) in [5, 5.41) is 8.34. The SMILES string of the molecule is Cl.O=C(CNCC1CC1)Nc1cccc(NC(=O)c2cccc(C(F)(F)F)c2)c1. The minimum atomic E-state index is -4.52. The van der Waals surface area contributed by atoms with Crippen molar-refractivity contribution in [3.05, 3.63) is 59.7 Å². The fourth-order valence-electron chi connectivity index (χ4n) is 2.63. The zero-order valence-corrected chi connectivity index (χ0v) is 16.2. The van der Waals surface area contributed by atoms with E-state index in [1.54, 1.807) is 24.3 Å². The van der Waals surface area contributed by atoms with E-state index in [1.165, 1.54) is 25.0 Å². The van der Waals surface area contributed by atoms with Crippen LogP contribution >= 0.6 is 12.4 Å². The van der Waals surface area contributed by atoms with E-state index in [0.29, 0.717) is 17.3 Å². The van der Waals surface area contributed by atoms with Crippen LogP contribution in [0.15, 0.2) is 48.5 Å². The molecule has 3 rings (SSSR count). The van der Waals surface area contributed by atoms with Crippen molar-refractivity contribution < 1.29 is 22.8 Å². The van der Waals surface area contributed by atoms with Crippen LogP contribution in [0.3, 0.4) is 0 Å². The largest absolute Gasteiger partial charge is 0.416 e. The summed E-state index contributed by atoms with van der Waals surface area (Å²) in [4.78, 5) is 24.2. The van der Waals surface area contributed by atoms with Crippen molar-refractivity contribution in [3.63, 3.8) is 0 Å². The number of anilines is 2. The number of amides is 2. The molecule has 0 aromatic heterocycles. The lowest BCUT2D eigenvalue weighted by Gasteiger charge is -2.11. The lowest BCUT2D eigenvalue weighted by molar-refractivity contribution is -0.137. The monoisotopic (exact) mass is 427 g/mol. The Labute approximate surface area is 172 Å². The van der Waals surface area contributed by atoms with Gasteiger partial charge in [-0.3, -0.25) is 9.59 Å². The first kappa shape index (κ1) is 22.7. The Bertz CT molecular complexity index is 870. The first-order chi connectivity index (χ1) is 13.3. The molecule has 156 valence electrons. The van der Waals surface area contributed by atoms with Gasteiger partial charge in [-0.15, -0.1) is 12.4 Å². The molecule has 3 N–H and O–H groups in total. The number of halogens is 4. The average Bonchev–Trinajstić information content (AvgIpc) is 3.46. The molecule has 2 aromatic carbocycles. The van der Waals surface area contributed by atoms with Gasteiger partial charge in [0.2, 0.25) is 5.91 Å². The molecule has 0 bridgehead atoms. The summed E-state index contributed by atoms with van der Waals surface area (Å²) in [7, 11) is 0. The average molecular weight is 428 g/mol. The van der Waals surface area contributed by atoms with Crippen LogP contribution in [0.2, 0.25) is 0 Å². The maximum absolute atomic E-state index is 12.8. The molecule has 1 saturated carbocycles. The molecule has 0 spiro atoms. The van der Waals surface area contributed by atoms with Crippen molar-refractivity contribution in [1.29, 1.82) is 0 Å². The molecule has 0 radical (unpaired) electrons. The number of hydrogen-bond donors (Lipinski definition) is 3. The molecule has 2 amide bonds. The number of nitrogens with one attached hydrogen (secondary N) is 3. The number of benzene rings is 2. The third-order valence-electron chi connectivity index (χ3n) is 4.27. The van der Waals surface area contributed by atoms with Crippen LogP contribution in [0.4, 0.5) is 24.5 Å². The van der Waals surface area contributed by atoms with Gasteiger partial charge in [-0.2, -0.15) is 13.2 Å². The van der Waals surface area contributed by atoms with E-state index >= 15 is 0 Å². The van der Waals surface area contributed by atoms with Gasteiger partial charge in [0.15, 0.2) is 0 Å². The summed E-state index contributed by atoms with van der Waals surface area (Å²) in [6, 6.07) is 10.6. The van der Waals surface area contributed by atoms with Crippen LogP contribution < -0.4 is 16.0 Å². The molecule has 29 heavy (non-hydrogen) atoms. The second kappa shape index (κ2) is 9.76. The molecular formula is C20H21ClF3N3O2. The quantitative estimate of drug-likeness (QED) is 0.616. The van der Waals surface area contributed by atoms with E-state index in [-0.39, 0.29) is 30.4 Å². The van der Waals surface area contributed by atoms with Crippen LogP contribution in [0, 0.1) is 5.92 Å². The van der Waals surface area contributed by atoms with Gasteiger partial charge in [0.25, 0.3) is 5.91 Å². The van der Waals surface area contributed by atoms with Gasteiger partial charge in [0.1, 0.15) is 0 Å². The van der Waals surface area contributed by atoms with Crippen LogP contribution in [-0.4, -0.2) is 24.9 Å². The molecule has 1 fully saturated rings. The second-order valence-corrected chi connectivity index (χ2v) is 6.74. The molecule has 0 aliphatic heterocycles. The van der Waals surface area contributed by atoms with E-state index in [0.717, 1.165) is 18.7 Å². The molecule has 0 saturated heterocycles. The predicted molar refractivity (Wildman–Crippen MR) is 107 cm³/mol. The van der Waals surface area contributed by atoms with E-state index < -0.39 is 17.6 Å². The Morgan fingerprint density at radius 2 is 1.62 bits per heavy atom. The summed E-state index contributed by atoms with van der Waals surface area (Å²) in [6.07, 6.45) is -2.13. The summed E-state index contributed by atoms with van der Waals surface area (Å²) in [5.41, 5.74) is -0.139. The number of carbonyl (C=O) groups is 2. The predicted octanol–water partition coefficient (Wildman–Crippen LogP) is 4.32. The summed E-state index contributed by atoms with van der Waals surface area (Å²) >= 11 is 0. The molecule has 2 aromatic rings. The van der Waals surface area contributed by atoms with Gasteiger partial charge in [-0.25, -0.2) is 0 Å². The minimum Gasteiger partial charge on any atom is -0.325 e. The number of hydrogen-bond acceptors (Lipinski definition) is 3. The number of rotatable bonds is 7. The zero-order chi connectivity index (χ0) is 20.1. The maximum Gasteiger partial charge on any atom is 0.416 e. The highest BCUT2D eigenvalue weighted by molar-refractivity contribution is 6.04. The topological polar surface area (TPSA) is 70.2 Å². The molecule has 9 heteroatoms. The lowest BCUT2D eigenvalue weighted by Crippen LogP contribution is -2.29. The van der Waals surface area contributed by atoms with Crippen LogP contribution in [-0.2, 0) is 11.0 Å². The summed E-state index contributed by atoms with van der Waals surface area (Å²) in [6.45, 7) is 1.01. The number of alkyl halides is 3. The highest BCUT2D eigenvalue weighted by Gasteiger charge is 2.30. The normalized spacial score (nSPS) is 13.3. The van der Waals surface area contributed by atoms with Crippen molar-refractivity contribution >= 4 is 35.6 Å². The van der Waals surface area contributed by atoms with Gasteiger partial charge in [-0.05, 0) is 61.7 Å². The third-order valence-corrected chi connectivity index (χ3v) is 4.27. The fraction of sp³-hybridized carbons (Fsp3) is 0.300. The van der Waals surface area contributed by atoms with Crippen LogP contribution in [0.5, 0.6) is 0 Å². The molecule has 0 heterocycles. The van der Waals surface area contributed by atoms with Gasteiger partial charge in [0.05, 0.1) is 12.1 Å². The zero-order valence-electron chi connectivity index (χ0n) is 15.4. The molecule has 1 aliphatic rings. The first-order valence-electron chi connectivity index (χ1n) is 8.90. The van der Waals surface area contributed by atoms with Gasteiger partial charge < -0.3 is 16.0 Å². The third kappa shape index (κ3) is 7.07. The number of carbonyl (C=O) groups excluding carboxylic acids is 2. The molecular weight excluding hydrogens is 407 g/mol. The highest BCUT2D eigenvalue weighted by atomic mass is 35.5. The summed E-state index contributed by atoms with van der Waals surface area (Å²) < 4.78 is 38.4. The molecule has 0 unspecified atom stereocenters. The second-order valence-electron chi connectivity index (χ2n) is 6.74. The van der Waals surface area contributed by atoms with Crippen LogP contribution in [0.25, 0.3) is 0 Å². The molecule has 1 aliphatic carbocycles. The Morgan fingerprint density at radius 1 is 0.966 bits per heavy atom. The van der Waals surface area contributed by atoms with Crippen molar-refractivity contribution in [1.82, 2.24) is 5.32 Å². The Kier molecular flexibility index (Phi) is 7.64. The van der Waals surface area contributed by atoms with E-state index in [9.17, 15) is 22.8 Å². The van der Waals surface area contributed by atoms with Crippen molar-refractivity contribution in [2.45, 2.75) is 19.0 Å². The highest BCUT2D eigenvalue weighted by Crippen LogP contribution is 2.30. The fourth-order valence-corrected chi connectivity index (χ4v) is 2.63. The molecule has 5 nitrogen and oxygen atoms in total. The van der Waals surface area contributed by atoms with E-state index in [2.05, 4.69) is 16.0 Å². The lowest BCUT2D eigenvalue weighted by atomic mass is 10.1.